The largest absolute Gasteiger partial charge is 0.493 e. The number of hydrogen-bond donors (Lipinski definition) is 1. The molecule has 1 aromatic rings. The van der Waals surface area contributed by atoms with Gasteiger partial charge in [0.25, 0.3) is 0 Å². The van der Waals surface area contributed by atoms with Crippen LogP contribution in [0.5, 0.6) is 5.75 Å². The zero-order valence-electron chi connectivity index (χ0n) is 8.45. The Morgan fingerprint density at radius 2 is 2.33 bits per heavy atom. The SMILES string of the molecule is S=C1C[C@H](c2ccc3c(c2)CCO3)CN1. The number of hydrogen-bond acceptors (Lipinski definition) is 2. The molecule has 0 spiro atoms. The molecule has 1 N–H and O–H groups in total. The summed E-state index contributed by atoms with van der Waals surface area (Å²) in [5.74, 6) is 1.62. The summed E-state index contributed by atoms with van der Waals surface area (Å²) in [7, 11) is 0. The van der Waals surface area contributed by atoms with E-state index in [9.17, 15) is 0 Å². The number of benzene rings is 1. The first kappa shape index (κ1) is 9.16. The van der Waals surface area contributed by atoms with Crippen molar-refractivity contribution in [3.8, 4) is 5.75 Å². The highest BCUT2D eigenvalue weighted by Crippen LogP contribution is 2.31. The Bertz CT molecular complexity index is 416. The second-order valence-corrected chi connectivity index (χ2v) is 4.66. The lowest BCUT2D eigenvalue weighted by Gasteiger charge is -2.09. The molecular weight excluding hydrogens is 206 g/mol. The second kappa shape index (κ2) is 3.49. The first-order chi connectivity index (χ1) is 7.33. The maximum atomic E-state index is 5.50. The van der Waals surface area contributed by atoms with Gasteiger partial charge in [0.05, 0.1) is 11.6 Å². The molecule has 0 radical (unpaired) electrons. The molecule has 78 valence electrons. The van der Waals surface area contributed by atoms with Crippen LogP contribution >= 0.6 is 12.2 Å². The summed E-state index contributed by atoms with van der Waals surface area (Å²) in [6.07, 6.45) is 2.04. The summed E-state index contributed by atoms with van der Waals surface area (Å²) in [5, 5.41) is 3.24. The first-order valence-electron chi connectivity index (χ1n) is 5.35. The lowest BCUT2D eigenvalue weighted by Crippen LogP contribution is -2.11. The average Bonchev–Trinajstić information content (AvgIpc) is 2.84. The third-order valence-electron chi connectivity index (χ3n) is 3.16. The summed E-state index contributed by atoms with van der Waals surface area (Å²) in [4.78, 5) is 0.997. The fourth-order valence-corrected chi connectivity index (χ4v) is 2.59. The van der Waals surface area contributed by atoms with E-state index in [-0.39, 0.29) is 0 Å². The summed E-state index contributed by atoms with van der Waals surface area (Å²) in [6, 6.07) is 6.55. The highest BCUT2D eigenvalue weighted by molar-refractivity contribution is 7.80. The van der Waals surface area contributed by atoms with Crippen LogP contribution < -0.4 is 10.1 Å². The number of fused-ring (bicyclic) bond motifs is 1. The number of thiocarbonyl (C=S) groups is 1. The number of nitrogens with one attached hydrogen (secondary N) is 1. The minimum atomic E-state index is 0.559. The van der Waals surface area contributed by atoms with Crippen LogP contribution in [0.3, 0.4) is 0 Å². The molecule has 1 saturated heterocycles. The summed E-state index contributed by atoms with van der Waals surface area (Å²) in [6.45, 7) is 1.82. The van der Waals surface area contributed by atoms with Crippen molar-refractivity contribution in [3.05, 3.63) is 29.3 Å². The molecule has 2 aliphatic heterocycles. The van der Waals surface area contributed by atoms with Crippen LogP contribution in [0.25, 0.3) is 0 Å². The van der Waals surface area contributed by atoms with E-state index >= 15 is 0 Å². The molecule has 2 aliphatic rings. The van der Waals surface area contributed by atoms with Crippen molar-refractivity contribution >= 4 is 17.2 Å². The van der Waals surface area contributed by atoms with Crippen molar-refractivity contribution in [2.45, 2.75) is 18.8 Å². The predicted molar refractivity (Wildman–Crippen MR) is 63.6 cm³/mol. The quantitative estimate of drug-likeness (QED) is 0.730. The van der Waals surface area contributed by atoms with Gasteiger partial charge in [0.15, 0.2) is 0 Å². The molecule has 0 bridgehead atoms. The van der Waals surface area contributed by atoms with Gasteiger partial charge in [-0.3, -0.25) is 0 Å². The van der Waals surface area contributed by atoms with Gasteiger partial charge >= 0.3 is 0 Å². The van der Waals surface area contributed by atoms with Crippen molar-refractivity contribution in [3.63, 3.8) is 0 Å². The molecule has 1 aromatic carbocycles. The smallest absolute Gasteiger partial charge is 0.122 e. The van der Waals surface area contributed by atoms with E-state index < -0.39 is 0 Å². The summed E-state index contributed by atoms with van der Waals surface area (Å²) in [5.41, 5.74) is 2.75. The van der Waals surface area contributed by atoms with Gasteiger partial charge in [-0.05, 0) is 17.2 Å². The zero-order valence-corrected chi connectivity index (χ0v) is 9.27. The molecule has 1 atom stereocenters. The molecule has 3 heteroatoms. The Hall–Kier alpha value is -1.09. The van der Waals surface area contributed by atoms with Crippen molar-refractivity contribution in [1.82, 2.24) is 5.32 Å². The molecule has 0 unspecified atom stereocenters. The Morgan fingerprint density at radius 1 is 1.40 bits per heavy atom. The number of rotatable bonds is 1. The topological polar surface area (TPSA) is 21.3 Å². The van der Waals surface area contributed by atoms with Crippen molar-refractivity contribution < 1.29 is 4.74 Å². The van der Waals surface area contributed by atoms with Gasteiger partial charge < -0.3 is 10.1 Å². The van der Waals surface area contributed by atoms with Crippen LogP contribution in [0.2, 0.25) is 0 Å². The van der Waals surface area contributed by atoms with Gasteiger partial charge in [-0.1, -0.05) is 24.4 Å². The van der Waals surface area contributed by atoms with E-state index in [1.807, 2.05) is 0 Å². The second-order valence-electron chi connectivity index (χ2n) is 4.17. The average molecular weight is 219 g/mol. The Balaban J connectivity index is 1.89. The van der Waals surface area contributed by atoms with E-state index in [4.69, 9.17) is 17.0 Å². The van der Waals surface area contributed by atoms with Gasteiger partial charge in [0, 0.05) is 25.3 Å². The lowest BCUT2D eigenvalue weighted by molar-refractivity contribution is 0.357. The minimum Gasteiger partial charge on any atom is -0.493 e. The van der Waals surface area contributed by atoms with Gasteiger partial charge in [-0.15, -0.1) is 0 Å². The molecule has 2 heterocycles. The van der Waals surface area contributed by atoms with Crippen LogP contribution in [-0.2, 0) is 6.42 Å². The highest BCUT2D eigenvalue weighted by atomic mass is 32.1. The van der Waals surface area contributed by atoms with Gasteiger partial charge in [0.2, 0.25) is 0 Å². The normalized spacial score (nSPS) is 23.5. The van der Waals surface area contributed by atoms with Gasteiger partial charge in [0.1, 0.15) is 5.75 Å². The third-order valence-corrected chi connectivity index (χ3v) is 3.47. The van der Waals surface area contributed by atoms with Crippen LogP contribution in [0, 0.1) is 0 Å². The summed E-state index contributed by atoms with van der Waals surface area (Å²) < 4.78 is 5.50. The fourth-order valence-electron chi connectivity index (χ4n) is 2.30. The maximum absolute atomic E-state index is 5.50. The fraction of sp³-hybridized carbons (Fsp3) is 0.417. The monoisotopic (exact) mass is 219 g/mol. The molecule has 2 nitrogen and oxygen atoms in total. The Kier molecular flexibility index (Phi) is 2.13. The van der Waals surface area contributed by atoms with E-state index in [1.54, 1.807) is 0 Å². The molecule has 15 heavy (non-hydrogen) atoms. The van der Waals surface area contributed by atoms with Crippen LogP contribution in [0.1, 0.15) is 23.5 Å². The van der Waals surface area contributed by atoms with Crippen molar-refractivity contribution in [2.24, 2.45) is 0 Å². The molecule has 1 fully saturated rings. The van der Waals surface area contributed by atoms with E-state index in [1.165, 1.54) is 11.1 Å². The molecule has 0 aliphatic carbocycles. The lowest BCUT2D eigenvalue weighted by atomic mass is 9.96. The van der Waals surface area contributed by atoms with Crippen LogP contribution in [0.15, 0.2) is 18.2 Å². The van der Waals surface area contributed by atoms with Crippen LogP contribution in [0.4, 0.5) is 0 Å². The van der Waals surface area contributed by atoms with E-state index in [0.29, 0.717) is 5.92 Å². The Morgan fingerprint density at radius 3 is 3.13 bits per heavy atom. The molecule has 0 aromatic heterocycles. The third kappa shape index (κ3) is 1.61. The zero-order chi connectivity index (χ0) is 10.3. The highest BCUT2D eigenvalue weighted by Gasteiger charge is 2.22. The van der Waals surface area contributed by atoms with Crippen LogP contribution in [-0.4, -0.2) is 18.1 Å². The van der Waals surface area contributed by atoms with Crippen molar-refractivity contribution in [2.75, 3.05) is 13.2 Å². The van der Waals surface area contributed by atoms with Crippen molar-refractivity contribution in [1.29, 1.82) is 0 Å². The molecule has 3 rings (SSSR count). The number of ether oxygens (including phenoxy) is 1. The van der Waals surface area contributed by atoms with Gasteiger partial charge in [-0.25, -0.2) is 0 Å². The first-order valence-corrected chi connectivity index (χ1v) is 5.76. The maximum Gasteiger partial charge on any atom is 0.122 e. The molecular formula is C12H13NOS. The molecule has 0 amide bonds. The predicted octanol–water partition coefficient (Wildman–Crippen LogP) is 2.03. The minimum absolute atomic E-state index is 0.559. The molecule has 0 saturated carbocycles. The van der Waals surface area contributed by atoms with Gasteiger partial charge in [-0.2, -0.15) is 0 Å². The Labute approximate surface area is 94.6 Å². The summed E-state index contributed by atoms with van der Waals surface area (Å²) >= 11 is 5.16. The van der Waals surface area contributed by atoms with E-state index in [2.05, 4.69) is 23.5 Å². The standard InChI is InChI=1S/C12H13NOS/c15-12-6-10(7-13-12)8-1-2-11-9(5-8)3-4-14-11/h1-2,5,10H,3-4,6-7H2,(H,13,15)/t10-/m0/s1. The van der Waals surface area contributed by atoms with E-state index in [0.717, 1.165) is 36.7 Å².